The number of hydrogen-bond acceptors (Lipinski definition) is 7. The Bertz CT molecular complexity index is 665. The number of ether oxygens (including phenoxy) is 1. The minimum Gasteiger partial charge on any atom is -0.456 e. The fraction of sp³-hybridized carbons (Fsp3) is 0.250. The summed E-state index contributed by atoms with van der Waals surface area (Å²) in [7, 11) is 0. The first-order valence-electron chi connectivity index (χ1n) is 5.70. The number of carbonyl (C=O) groups is 1. The van der Waals surface area contributed by atoms with Crippen LogP contribution in [0.2, 0.25) is 0 Å². The maximum Gasteiger partial charge on any atom is 0.362 e. The van der Waals surface area contributed by atoms with Crippen LogP contribution in [0, 0.1) is 24.0 Å². The normalized spacial score (nSPS) is 10.3. The summed E-state index contributed by atoms with van der Waals surface area (Å²) in [6, 6.07) is 4.59. The average Bonchev–Trinajstić information content (AvgIpc) is 2.83. The molecule has 0 aliphatic heterocycles. The van der Waals surface area contributed by atoms with Crippen LogP contribution in [0.25, 0.3) is 0 Å². The molecule has 1 aromatic carbocycles. The lowest BCUT2D eigenvalue weighted by atomic mass is 10.1. The molecule has 2 rings (SSSR count). The molecule has 0 bridgehead atoms. The van der Waals surface area contributed by atoms with E-state index in [1.807, 2.05) is 0 Å². The van der Waals surface area contributed by atoms with Crippen LogP contribution in [0.5, 0.6) is 0 Å². The van der Waals surface area contributed by atoms with Gasteiger partial charge in [0.2, 0.25) is 5.69 Å². The minimum atomic E-state index is -0.686. The van der Waals surface area contributed by atoms with Crippen molar-refractivity contribution in [2.24, 2.45) is 0 Å². The molecule has 0 aliphatic rings. The van der Waals surface area contributed by atoms with Gasteiger partial charge in [-0.05, 0) is 24.6 Å². The van der Waals surface area contributed by atoms with Crippen molar-refractivity contribution in [2.45, 2.75) is 20.5 Å². The number of carbonyl (C=O) groups excluding carboxylic acids is 1. The van der Waals surface area contributed by atoms with Gasteiger partial charge in [0.25, 0.3) is 5.69 Å². The van der Waals surface area contributed by atoms with E-state index in [1.54, 1.807) is 19.9 Å². The quantitative estimate of drug-likeness (QED) is 0.477. The number of nitro groups is 1. The third-order valence-electron chi connectivity index (χ3n) is 2.82. The molecule has 1 aromatic heterocycles. The van der Waals surface area contributed by atoms with Gasteiger partial charge < -0.3 is 4.74 Å². The molecule has 0 atom stereocenters. The predicted octanol–water partition coefficient (Wildman–Crippen LogP) is 1.95. The second-order valence-corrected chi connectivity index (χ2v) is 4.09. The lowest BCUT2D eigenvalue weighted by Gasteiger charge is -2.06. The van der Waals surface area contributed by atoms with E-state index in [-0.39, 0.29) is 18.0 Å². The van der Waals surface area contributed by atoms with E-state index < -0.39 is 10.9 Å². The highest BCUT2D eigenvalue weighted by molar-refractivity contribution is 5.88. The van der Waals surface area contributed by atoms with E-state index in [4.69, 9.17) is 4.74 Å². The molecule has 0 fully saturated rings. The second-order valence-electron chi connectivity index (χ2n) is 4.09. The number of hydrogen-bond donors (Lipinski definition) is 0. The second kappa shape index (κ2) is 5.47. The van der Waals surface area contributed by atoms with Crippen molar-refractivity contribution in [1.82, 2.24) is 10.3 Å². The smallest absolute Gasteiger partial charge is 0.362 e. The van der Waals surface area contributed by atoms with Crippen molar-refractivity contribution >= 4 is 11.7 Å². The van der Waals surface area contributed by atoms with E-state index in [9.17, 15) is 14.9 Å². The summed E-state index contributed by atoms with van der Waals surface area (Å²) in [5.74, 6) is -0.686. The average molecular weight is 277 g/mol. The Morgan fingerprint density at radius 1 is 1.40 bits per heavy atom. The first-order valence-corrected chi connectivity index (χ1v) is 5.70. The molecular formula is C12H11N3O5. The zero-order valence-corrected chi connectivity index (χ0v) is 10.8. The Morgan fingerprint density at radius 2 is 2.15 bits per heavy atom. The molecule has 0 saturated carbocycles. The minimum absolute atomic E-state index is 0.00640. The van der Waals surface area contributed by atoms with Crippen molar-refractivity contribution in [2.75, 3.05) is 0 Å². The van der Waals surface area contributed by atoms with Gasteiger partial charge in [-0.3, -0.25) is 10.1 Å². The number of aromatic nitrogens is 2. The molecule has 0 unspecified atom stereocenters. The number of aryl methyl sites for hydroxylation is 1. The first-order chi connectivity index (χ1) is 9.50. The lowest BCUT2D eigenvalue weighted by molar-refractivity contribution is -0.385. The van der Waals surface area contributed by atoms with E-state index in [0.717, 1.165) is 0 Å². The third-order valence-corrected chi connectivity index (χ3v) is 2.82. The Hall–Kier alpha value is -2.77. The van der Waals surface area contributed by atoms with Crippen LogP contribution >= 0.6 is 0 Å². The molecule has 8 nitrogen and oxygen atoms in total. The van der Waals surface area contributed by atoms with Crippen molar-refractivity contribution < 1.29 is 19.1 Å². The molecule has 0 amide bonds. The van der Waals surface area contributed by atoms with Crippen molar-refractivity contribution in [3.05, 3.63) is 50.8 Å². The zero-order chi connectivity index (χ0) is 14.7. The van der Waals surface area contributed by atoms with Crippen LogP contribution in [-0.2, 0) is 11.3 Å². The van der Waals surface area contributed by atoms with Gasteiger partial charge in [0.1, 0.15) is 12.3 Å². The van der Waals surface area contributed by atoms with Crippen LogP contribution in [0.1, 0.15) is 27.3 Å². The monoisotopic (exact) mass is 277 g/mol. The number of nitro benzene ring substituents is 1. The van der Waals surface area contributed by atoms with Gasteiger partial charge in [-0.15, -0.1) is 0 Å². The summed E-state index contributed by atoms with van der Waals surface area (Å²) < 4.78 is 9.45. The van der Waals surface area contributed by atoms with E-state index in [0.29, 0.717) is 16.8 Å². The van der Waals surface area contributed by atoms with Gasteiger partial charge in [0.05, 0.1) is 4.92 Å². The lowest BCUT2D eigenvalue weighted by Crippen LogP contribution is -2.08. The van der Waals surface area contributed by atoms with E-state index in [2.05, 4.69) is 14.9 Å². The largest absolute Gasteiger partial charge is 0.456 e. The van der Waals surface area contributed by atoms with Gasteiger partial charge >= 0.3 is 5.97 Å². The van der Waals surface area contributed by atoms with Gasteiger partial charge in [0.15, 0.2) is 0 Å². The fourth-order valence-corrected chi connectivity index (χ4v) is 1.65. The van der Waals surface area contributed by atoms with Crippen LogP contribution in [0.15, 0.2) is 22.8 Å². The summed E-state index contributed by atoms with van der Waals surface area (Å²) in [4.78, 5) is 22.0. The summed E-state index contributed by atoms with van der Waals surface area (Å²) in [6.07, 6.45) is 0. The molecule has 0 aliphatic carbocycles. The number of rotatable bonds is 4. The molecule has 0 spiro atoms. The van der Waals surface area contributed by atoms with Crippen molar-refractivity contribution in [3.8, 4) is 0 Å². The molecule has 2 aromatic rings. The standard InChI is InChI=1S/C12H11N3O5/c1-7-9(4-3-5-10(7)15(17)18)6-19-12(16)11-8(2)13-20-14-11/h3-5H,6H2,1-2H3. The van der Waals surface area contributed by atoms with Crippen LogP contribution in [0.4, 0.5) is 5.69 Å². The van der Waals surface area contributed by atoms with E-state index >= 15 is 0 Å². The maximum atomic E-state index is 11.7. The van der Waals surface area contributed by atoms with Crippen molar-refractivity contribution in [3.63, 3.8) is 0 Å². The molecule has 0 radical (unpaired) electrons. The van der Waals surface area contributed by atoms with Crippen LogP contribution < -0.4 is 0 Å². The highest BCUT2D eigenvalue weighted by Gasteiger charge is 2.18. The third kappa shape index (κ3) is 2.63. The van der Waals surface area contributed by atoms with E-state index in [1.165, 1.54) is 12.1 Å². The Kier molecular flexibility index (Phi) is 3.74. The summed E-state index contributed by atoms with van der Waals surface area (Å²) in [6.45, 7) is 3.08. The summed E-state index contributed by atoms with van der Waals surface area (Å²) in [5.41, 5.74) is 1.32. The zero-order valence-electron chi connectivity index (χ0n) is 10.8. The molecule has 0 N–H and O–H groups in total. The first kappa shape index (κ1) is 13.7. The fourth-order valence-electron chi connectivity index (χ4n) is 1.65. The molecule has 8 heteroatoms. The SMILES string of the molecule is Cc1nonc1C(=O)OCc1cccc([N+](=O)[O-])c1C. The van der Waals surface area contributed by atoms with Crippen molar-refractivity contribution in [1.29, 1.82) is 0 Å². The van der Waals surface area contributed by atoms with Gasteiger partial charge in [-0.25, -0.2) is 9.42 Å². The predicted molar refractivity (Wildman–Crippen MR) is 66.0 cm³/mol. The maximum absolute atomic E-state index is 11.7. The molecular weight excluding hydrogens is 266 g/mol. The Morgan fingerprint density at radius 3 is 2.75 bits per heavy atom. The topological polar surface area (TPSA) is 108 Å². The number of benzene rings is 1. The molecule has 104 valence electrons. The summed E-state index contributed by atoms with van der Waals surface area (Å²) >= 11 is 0. The number of esters is 1. The Labute approximate surface area is 113 Å². The van der Waals surface area contributed by atoms with Crippen LogP contribution in [0.3, 0.4) is 0 Å². The summed E-state index contributed by atoms with van der Waals surface area (Å²) in [5, 5.41) is 17.7. The molecule has 20 heavy (non-hydrogen) atoms. The highest BCUT2D eigenvalue weighted by atomic mass is 16.6. The van der Waals surface area contributed by atoms with Gasteiger partial charge in [-0.1, -0.05) is 17.3 Å². The van der Waals surface area contributed by atoms with Crippen LogP contribution in [-0.4, -0.2) is 21.2 Å². The van der Waals surface area contributed by atoms with Gasteiger partial charge in [0, 0.05) is 11.6 Å². The Balaban J connectivity index is 2.12. The highest BCUT2D eigenvalue weighted by Crippen LogP contribution is 2.21. The van der Waals surface area contributed by atoms with Gasteiger partial charge in [-0.2, -0.15) is 0 Å². The molecule has 1 heterocycles. The molecule has 0 saturated heterocycles. The number of nitrogens with zero attached hydrogens (tertiary/aromatic N) is 3.